The van der Waals surface area contributed by atoms with Gasteiger partial charge in [0.25, 0.3) is 0 Å². The van der Waals surface area contributed by atoms with E-state index < -0.39 is 23.2 Å². The molecule has 1 heterocycles. The average molecular weight is 283 g/mol. The Labute approximate surface area is 117 Å². The molecule has 5 heteroatoms. The van der Waals surface area contributed by atoms with Gasteiger partial charge in [-0.1, -0.05) is 13.8 Å². The van der Waals surface area contributed by atoms with Crippen LogP contribution in [-0.2, 0) is 0 Å². The summed E-state index contributed by atoms with van der Waals surface area (Å²) in [5, 5.41) is 8.77. The number of carboxylic acid groups (broad SMARTS) is 1. The summed E-state index contributed by atoms with van der Waals surface area (Å²) in [5.41, 5.74) is -0.460. The smallest absolute Gasteiger partial charge is 0.338 e. The molecule has 3 nitrogen and oxygen atoms in total. The van der Waals surface area contributed by atoms with Crippen molar-refractivity contribution in [2.45, 2.75) is 26.7 Å². The van der Waals surface area contributed by atoms with Crippen LogP contribution in [-0.4, -0.2) is 24.2 Å². The molecule has 1 aliphatic heterocycles. The fraction of sp³-hybridized carbons (Fsp3) is 0.533. The minimum Gasteiger partial charge on any atom is -0.478 e. The summed E-state index contributed by atoms with van der Waals surface area (Å²) in [5.74, 6) is -2.59. The van der Waals surface area contributed by atoms with Crippen LogP contribution in [0.5, 0.6) is 0 Å². The highest BCUT2D eigenvalue weighted by Gasteiger charge is 2.26. The Morgan fingerprint density at radius 3 is 2.35 bits per heavy atom. The molecule has 2 rings (SSSR count). The molecule has 1 aromatic rings. The monoisotopic (exact) mass is 283 g/mol. The molecule has 110 valence electrons. The average Bonchev–Trinajstić information content (AvgIpc) is 2.41. The number of benzene rings is 1. The van der Waals surface area contributed by atoms with E-state index in [9.17, 15) is 13.6 Å². The number of hydrogen-bond donors (Lipinski definition) is 1. The van der Waals surface area contributed by atoms with Gasteiger partial charge in [-0.2, -0.15) is 0 Å². The van der Waals surface area contributed by atoms with Gasteiger partial charge in [-0.05, 0) is 36.8 Å². The molecular weight excluding hydrogens is 264 g/mol. The van der Waals surface area contributed by atoms with E-state index in [4.69, 9.17) is 5.11 Å². The summed E-state index contributed by atoms with van der Waals surface area (Å²) in [6.07, 6.45) is 1.89. The van der Waals surface area contributed by atoms with Gasteiger partial charge < -0.3 is 10.0 Å². The predicted octanol–water partition coefficient (Wildman–Crippen LogP) is 3.54. The lowest BCUT2D eigenvalue weighted by Gasteiger charge is -2.35. The third-order valence-corrected chi connectivity index (χ3v) is 4.12. The lowest BCUT2D eigenvalue weighted by molar-refractivity contribution is 0.0690. The minimum absolute atomic E-state index is 0.162. The SMILES string of the molecule is CC(C)C1CCN(c2ccc(C(=O)O)c(F)c2F)CC1. The van der Waals surface area contributed by atoms with Crippen LogP contribution >= 0.6 is 0 Å². The van der Waals surface area contributed by atoms with Gasteiger partial charge in [-0.25, -0.2) is 13.6 Å². The maximum absolute atomic E-state index is 14.0. The summed E-state index contributed by atoms with van der Waals surface area (Å²) < 4.78 is 27.7. The number of nitrogens with zero attached hydrogens (tertiary/aromatic N) is 1. The summed E-state index contributed by atoms with van der Waals surface area (Å²) in [6.45, 7) is 5.68. The number of rotatable bonds is 3. The maximum atomic E-state index is 14.0. The molecule has 0 bridgehead atoms. The number of hydrogen-bond acceptors (Lipinski definition) is 2. The van der Waals surface area contributed by atoms with Crippen LogP contribution in [0.1, 0.15) is 37.0 Å². The van der Waals surface area contributed by atoms with Gasteiger partial charge in [0.05, 0.1) is 11.3 Å². The number of halogens is 2. The molecule has 0 unspecified atom stereocenters. The van der Waals surface area contributed by atoms with E-state index in [1.54, 1.807) is 4.90 Å². The molecule has 0 saturated carbocycles. The molecule has 1 aromatic carbocycles. The van der Waals surface area contributed by atoms with E-state index >= 15 is 0 Å². The molecule has 1 fully saturated rings. The van der Waals surface area contributed by atoms with E-state index in [1.165, 1.54) is 6.07 Å². The molecule has 0 aliphatic carbocycles. The van der Waals surface area contributed by atoms with Crippen molar-refractivity contribution in [3.8, 4) is 0 Å². The molecule has 0 atom stereocenters. The highest BCUT2D eigenvalue weighted by Crippen LogP contribution is 2.30. The third-order valence-electron chi connectivity index (χ3n) is 4.12. The van der Waals surface area contributed by atoms with Gasteiger partial charge in [0, 0.05) is 13.1 Å². The first-order valence-electron chi connectivity index (χ1n) is 6.88. The predicted molar refractivity (Wildman–Crippen MR) is 73.1 cm³/mol. The normalized spacial score (nSPS) is 16.8. The van der Waals surface area contributed by atoms with E-state index in [2.05, 4.69) is 13.8 Å². The standard InChI is InChI=1S/C15H19F2NO2/c1-9(2)10-5-7-18(8-6-10)12-4-3-11(15(19)20)13(16)14(12)17/h3-4,9-10H,5-8H2,1-2H3,(H,19,20). The van der Waals surface area contributed by atoms with Gasteiger partial charge in [-0.3, -0.25) is 0 Å². The van der Waals surface area contributed by atoms with Gasteiger partial charge in [0.2, 0.25) is 0 Å². The molecule has 0 radical (unpaired) electrons. The fourth-order valence-electron chi connectivity index (χ4n) is 2.76. The van der Waals surface area contributed by atoms with Crippen LogP contribution in [0.3, 0.4) is 0 Å². The Kier molecular flexibility index (Phi) is 4.26. The molecule has 20 heavy (non-hydrogen) atoms. The number of carboxylic acids is 1. The molecule has 0 aromatic heterocycles. The fourth-order valence-corrected chi connectivity index (χ4v) is 2.76. The summed E-state index contributed by atoms with van der Waals surface area (Å²) >= 11 is 0. The highest BCUT2D eigenvalue weighted by atomic mass is 19.2. The van der Waals surface area contributed by atoms with Gasteiger partial charge >= 0.3 is 5.97 Å². The summed E-state index contributed by atoms with van der Waals surface area (Å²) in [7, 11) is 0. The van der Waals surface area contributed by atoms with Crippen LogP contribution in [0.25, 0.3) is 0 Å². The van der Waals surface area contributed by atoms with Crippen molar-refractivity contribution in [3.63, 3.8) is 0 Å². The van der Waals surface area contributed by atoms with Crippen LogP contribution < -0.4 is 4.90 Å². The van der Waals surface area contributed by atoms with Crippen molar-refractivity contribution in [2.75, 3.05) is 18.0 Å². The van der Waals surface area contributed by atoms with Gasteiger partial charge in [0.15, 0.2) is 11.6 Å². The quantitative estimate of drug-likeness (QED) is 0.922. The van der Waals surface area contributed by atoms with E-state index in [0.29, 0.717) is 24.9 Å². The number of carbonyl (C=O) groups is 1. The summed E-state index contributed by atoms with van der Waals surface area (Å²) in [6, 6.07) is 2.49. The Balaban J connectivity index is 2.19. The molecule has 1 N–H and O–H groups in total. The zero-order chi connectivity index (χ0) is 14.9. The van der Waals surface area contributed by atoms with E-state index in [-0.39, 0.29) is 5.69 Å². The van der Waals surface area contributed by atoms with Crippen LogP contribution in [0.15, 0.2) is 12.1 Å². The zero-order valence-electron chi connectivity index (χ0n) is 11.7. The second-order valence-corrected chi connectivity index (χ2v) is 5.63. The Morgan fingerprint density at radius 1 is 1.25 bits per heavy atom. The third kappa shape index (κ3) is 2.76. The maximum Gasteiger partial charge on any atom is 0.338 e. The first-order chi connectivity index (χ1) is 9.41. The van der Waals surface area contributed by atoms with E-state index in [1.807, 2.05) is 0 Å². The summed E-state index contributed by atoms with van der Waals surface area (Å²) in [4.78, 5) is 12.6. The first-order valence-corrected chi connectivity index (χ1v) is 6.88. The van der Waals surface area contributed by atoms with Crippen molar-refractivity contribution < 1.29 is 18.7 Å². The Hall–Kier alpha value is -1.65. The number of aromatic carboxylic acids is 1. The molecule has 1 aliphatic rings. The molecule has 0 spiro atoms. The molecular formula is C15H19F2NO2. The van der Waals surface area contributed by atoms with Crippen molar-refractivity contribution in [1.29, 1.82) is 0 Å². The Bertz CT molecular complexity index is 509. The largest absolute Gasteiger partial charge is 0.478 e. The zero-order valence-corrected chi connectivity index (χ0v) is 11.7. The molecule has 1 saturated heterocycles. The number of anilines is 1. The van der Waals surface area contributed by atoms with Crippen LogP contribution in [0.2, 0.25) is 0 Å². The number of piperidine rings is 1. The van der Waals surface area contributed by atoms with Crippen molar-refractivity contribution in [2.24, 2.45) is 11.8 Å². The minimum atomic E-state index is -1.45. The first kappa shape index (κ1) is 14.8. The second-order valence-electron chi connectivity index (χ2n) is 5.63. The molecule has 0 amide bonds. The highest BCUT2D eigenvalue weighted by molar-refractivity contribution is 5.88. The second kappa shape index (κ2) is 5.77. The van der Waals surface area contributed by atoms with E-state index in [0.717, 1.165) is 18.9 Å². The van der Waals surface area contributed by atoms with Gasteiger partial charge in [0.1, 0.15) is 0 Å². The van der Waals surface area contributed by atoms with Crippen LogP contribution in [0, 0.1) is 23.5 Å². The lowest BCUT2D eigenvalue weighted by atomic mass is 9.86. The van der Waals surface area contributed by atoms with Crippen LogP contribution in [0.4, 0.5) is 14.5 Å². The topological polar surface area (TPSA) is 40.5 Å². The lowest BCUT2D eigenvalue weighted by Crippen LogP contribution is -2.36. The van der Waals surface area contributed by atoms with Crippen molar-refractivity contribution in [1.82, 2.24) is 0 Å². The van der Waals surface area contributed by atoms with Gasteiger partial charge in [-0.15, -0.1) is 0 Å². The Morgan fingerprint density at radius 2 is 1.85 bits per heavy atom. The van der Waals surface area contributed by atoms with Crippen molar-refractivity contribution in [3.05, 3.63) is 29.3 Å². The van der Waals surface area contributed by atoms with Crippen molar-refractivity contribution >= 4 is 11.7 Å².